The van der Waals surface area contributed by atoms with Crippen LogP contribution in [0.25, 0.3) is 22.3 Å². The van der Waals surface area contributed by atoms with Crippen molar-refractivity contribution in [2.45, 2.75) is 112 Å². The number of ether oxygens (including phenoxy) is 1. The quantitative estimate of drug-likeness (QED) is 0.120. The van der Waals surface area contributed by atoms with E-state index in [4.69, 9.17) is 9.16 Å². The Bertz CT molecular complexity index is 1870. The number of aromatic amines is 1. The summed E-state index contributed by atoms with van der Waals surface area (Å²) in [6.45, 7) is 26.3. The molecule has 2 amide bonds. The molecule has 0 aromatic carbocycles. The topological polar surface area (TPSA) is 166 Å². The van der Waals surface area contributed by atoms with Gasteiger partial charge in [0.05, 0.1) is 41.1 Å². The van der Waals surface area contributed by atoms with Crippen LogP contribution in [0.4, 0.5) is 0 Å². The first kappa shape index (κ1) is 41.2. The van der Waals surface area contributed by atoms with Gasteiger partial charge < -0.3 is 24.8 Å². The molecule has 4 aromatic heterocycles. The van der Waals surface area contributed by atoms with E-state index in [2.05, 4.69) is 101 Å². The first-order valence-electron chi connectivity index (χ1n) is 16.2. The lowest BCUT2D eigenvalue weighted by molar-refractivity contribution is -0.156. The van der Waals surface area contributed by atoms with Crippen molar-refractivity contribution in [2.75, 3.05) is 6.61 Å². The van der Waals surface area contributed by atoms with Gasteiger partial charge in [0.15, 0.2) is 26.3 Å². The molecule has 16 heteroatoms. The van der Waals surface area contributed by atoms with Gasteiger partial charge in [-0.3, -0.25) is 19.0 Å². The van der Waals surface area contributed by atoms with Crippen molar-refractivity contribution in [1.29, 1.82) is 0 Å². The third-order valence-electron chi connectivity index (χ3n) is 7.86. The molecule has 0 aliphatic carbocycles. The minimum absolute atomic E-state index is 0.0614. The number of carbonyl (C=O) groups is 3. The van der Waals surface area contributed by atoms with Crippen LogP contribution in [0.5, 0.6) is 0 Å². The fraction of sp³-hybridized carbons (Fsp3) is 0.559. The van der Waals surface area contributed by atoms with E-state index in [1.54, 1.807) is 50.1 Å². The summed E-state index contributed by atoms with van der Waals surface area (Å²) in [6.07, 6.45) is 6.37. The first-order valence-corrected chi connectivity index (χ1v) is 20.7. The van der Waals surface area contributed by atoms with Crippen molar-refractivity contribution in [3.05, 3.63) is 45.1 Å². The van der Waals surface area contributed by atoms with E-state index in [0.717, 1.165) is 0 Å². The Kier molecular flexibility index (Phi) is 12.5. The van der Waals surface area contributed by atoms with E-state index in [9.17, 15) is 14.4 Å². The van der Waals surface area contributed by atoms with Gasteiger partial charge in [-0.2, -0.15) is 0 Å². The number of nitrogens with one attached hydrogen (secondary N) is 3. The highest BCUT2D eigenvalue weighted by atomic mass is 79.9. The Labute approximate surface area is 311 Å². The van der Waals surface area contributed by atoms with Gasteiger partial charge in [-0.15, -0.1) is 0 Å². The van der Waals surface area contributed by atoms with Gasteiger partial charge in [-0.05, 0) is 105 Å². The van der Waals surface area contributed by atoms with Crippen molar-refractivity contribution in [3.63, 3.8) is 0 Å². The van der Waals surface area contributed by atoms with Crippen molar-refractivity contribution in [2.24, 2.45) is 5.41 Å². The second-order valence-corrected chi connectivity index (χ2v) is 22.8. The number of aromatic nitrogens is 6. The summed E-state index contributed by atoms with van der Waals surface area (Å²) >= 11 is 6.57. The minimum atomic E-state index is -1.96. The molecule has 4 aromatic rings. The number of hydrogen-bond donors (Lipinski definition) is 3. The molecule has 0 bridgehead atoms. The van der Waals surface area contributed by atoms with Crippen LogP contribution in [0.2, 0.25) is 18.1 Å². The fourth-order valence-corrected chi connectivity index (χ4v) is 5.79. The highest BCUT2D eigenvalue weighted by Crippen LogP contribution is 2.37. The number of nitrogens with zero attached hydrogens (tertiary/aromatic N) is 5. The molecule has 0 unspecified atom stereocenters. The number of H-pyrrole nitrogens is 1. The van der Waals surface area contributed by atoms with Gasteiger partial charge in [0.25, 0.3) is 11.8 Å². The number of fused-ring (bicyclic) bond motifs is 2. The second kappa shape index (κ2) is 15.2. The average Bonchev–Trinajstić information content (AvgIpc) is 3.54. The lowest BCUT2D eigenvalue weighted by Gasteiger charge is -2.39. The zero-order valence-electron chi connectivity index (χ0n) is 31.3. The summed E-state index contributed by atoms with van der Waals surface area (Å²) in [4.78, 5) is 57.6. The zero-order valence-corrected chi connectivity index (χ0v) is 35.4. The van der Waals surface area contributed by atoms with Crippen LogP contribution >= 0.6 is 31.9 Å². The maximum atomic E-state index is 13.3. The molecule has 4 heterocycles. The monoisotopic (exact) mass is 836 g/mol. The molecule has 0 radical (unpaired) electrons. The van der Waals surface area contributed by atoms with Crippen molar-refractivity contribution in [3.8, 4) is 0 Å². The van der Waals surface area contributed by atoms with Crippen LogP contribution in [0.1, 0.15) is 96.9 Å². The molecule has 0 aliphatic rings. The molecule has 50 heavy (non-hydrogen) atoms. The normalized spacial score (nSPS) is 12.8. The van der Waals surface area contributed by atoms with Crippen LogP contribution in [0, 0.1) is 5.41 Å². The summed E-state index contributed by atoms with van der Waals surface area (Å²) in [7, 11) is -1.96. The number of carbonyl (C=O) groups excluding carboxylic acids is 3. The number of hydrogen-bond acceptors (Lipinski definition) is 9. The molecular weight excluding hydrogens is 788 g/mol. The predicted molar refractivity (Wildman–Crippen MR) is 204 cm³/mol. The Morgan fingerprint density at radius 1 is 0.840 bits per heavy atom. The van der Waals surface area contributed by atoms with Crippen LogP contribution in [-0.2, 0) is 20.7 Å². The van der Waals surface area contributed by atoms with E-state index >= 15 is 0 Å². The standard InChI is InChI=1S/C23H37BrN4O4Si.C11H13BrN4O/c1-21(2,3)20(30)31-14-28-12-15(17-18(28)25-11-16(24)26-17)19(29)27-23(7,8)13-32-33(9,10)22(4,5)6;1-11(2,3)16-10(17)6-4-13-9-8(6)15-7(12)5-14-9/h11-12H,13-14H2,1-10H3,(H,27,29);4-5H,1-3H3,(H,13,14)(H,16,17). The van der Waals surface area contributed by atoms with E-state index in [0.29, 0.717) is 49.3 Å². The molecule has 0 fully saturated rings. The Morgan fingerprint density at radius 2 is 1.40 bits per heavy atom. The Morgan fingerprint density at radius 3 is 1.96 bits per heavy atom. The summed E-state index contributed by atoms with van der Waals surface area (Å²) < 4.78 is 14.5. The number of halogens is 2. The summed E-state index contributed by atoms with van der Waals surface area (Å²) in [5.41, 5.74) is 1.41. The lowest BCUT2D eigenvalue weighted by atomic mass is 9.98. The molecule has 0 saturated carbocycles. The first-order chi connectivity index (χ1) is 22.7. The molecule has 13 nitrogen and oxygen atoms in total. The maximum absolute atomic E-state index is 13.3. The molecule has 274 valence electrons. The molecule has 0 spiro atoms. The zero-order chi connectivity index (χ0) is 38.0. The fourth-order valence-electron chi connectivity index (χ4n) is 4.08. The molecule has 0 saturated heterocycles. The van der Waals surface area contributed by atoms with Crippen LogP contribution in [-0.4, -0.2) is 73.3 Å². The van der Waals surface area contributed by atoms with E-state index < -0.39 is 19.3 Å². The van der Waals surface area contributed by atoms with Gasteiger partial charge in [0, 0.05) is 17.9 Å². The van der Waals surface area contributed by atoms with Crippen LogP contribution in [0.3, 0.4) is 0 Å². The predicted octanol–water partition coefficient (Wildman–Crippen LogP) is 7.52. The summed E-state index contributed by atoms with van der Waals surface area (Å²) in [5.74, 6) is -0.794. The third kappa shape index (κ3) is 10.9. The third-order valence-corrected chi connectivity index (χ3v) is 13.1. The van der Waals surface area contributed by atoms with Crippen LogP contribution in [0.15, 0.2) is 34.0 Å². The molecule has 0 aliphatic heterocycles. The van der Waals surface area contributed by atoms with Crippen molar-refractivity contribution in [1.82, 2.24) is 40.1 Å². The molecule has 0 atom stereocenters. The van der Waals surface area contributed by atoms with Gasteiger partial charge >= 0.3 is 5.97 Å². The molecular formula is C34H50Br2N8O5Si. The van der Waals surface area contributed by atoms with E-state index in [1.807, 2.05) is 34.6 Å². The second-order valence-electron chi connectivity index (χ2n) is 16.4. The maximum Gasteiger partial charge on any atom is 0.312 e. The summed E-state index contributed by atoms with van der Waals surface area (Å²) in [5, 5.41) is 6.03. The van der Waals surface area contributed by atoms with Gasteiger partial charge in [0.1, 0.15) is 20.2 Å². The largest absolute Gasteiger partial charge is 0.443 e. The lowest BCUT2D eigenvalue weighted by Crippen LogP contribution is -2.51. The van der Waals surface area contributed by atoms with E-state index in [1.165, 1.54) is 0 Å². The number of amides is 2. The van der Waals surface area contributed by atoms with Gasteiger partial charge in [-0.1, -0.05) is 20.8 Å². The molecule has 3 N–H and O–H groups in total. The highest BCUT2D eigenvalue weighted by molar-refractivity contribution is 9.10. The van der Waals surface area contributed by atoms with Crippen molar-refractivity contribution < 1.29 is 23.5 Å². The van der Waals surface area contributed by atoms with E-state index in [-0.39, 0.29) is 35.1 Å². The number of esters is 1. The SMILES string of the molecule is CC(C)(C)NC(=O)c1c[nH]c2ncc(Br)nc12.CC(C)(CO[Si](C)(C)C(C)(C)C)NC(=O)c1cn(COC(=O)C(C)(C)C)c2ncc(Br)nc12. The Balaban J connectivity index is 0.000000331. The van der Waals surface area contributed by atoms with Gasteiger partial charge in [-0.25, -0.2) is 19.9 Å². The number of rotatable bonds is 8. The van der Waals surface area contributed by atoms with Crippen LogP contribution < -0.4 is 10.6 Å². The van der Waals surface area contributed by atoms with Crippen molar-refractivity contribution >= 4 is 80.3 Å². The van der Waals surface area contributed by atoms with Gasteiger partial charge in [0.2, 0.25) is 0 Å². The summed E-state index contributed by atoms with van der Waals surface area (Å²) in [6, 6.07) is 0. The average molecular weight is 839 g/mol. The smallest absolute Gasteiger partial charge is 0.312 e. The molecule has 4 rings (SSSR count). The highest BCUT2D eigenvalue weighted by Gasteiger charge is 2.39. The Hall–Kier alpha value is -3.21. The minimum Gasteiger partial charge on any atom is -0.443 e.